The minimum absolute atomic E-state index is 0. The molecule has 0 bridgehead atoms. The van der Waals surface area contributed by atoms with Crippen LogP contribution in [0.5, 0.6) is 0 Å². The van der Waals surface area contributed by atoms with E-state index >= 15 is 0 Å². The number of hydrogen-bond donors (Lipinski definition) is 3. The smallest absolute Gasteiger partial charge is 0.394 e. The summed E-state index contributed by atoms with van der Waals surface area (Å²) in [7, 11) is -3.63. The van der Waals surface area contributed by atoms with E-state index in [-0.39, 0.29) is 32.6 Å². The average molecular weight is 315 g/mol. The first-order valence-corrected chi connectivity index (χ1v) is 8.40. The molecule has 0 saturated carbocycles. The van der Waals surface area contributed by atoms with Crippen LogP contribution in [0.4, 0.5) is 0 Å². The van der Waals surface area contributed by atoms with Crippen molar-refractivity contribution in [1.82, 2.24) is 6.15 Å². The van der Waals surface area contributed by atoms with Crippen LogP contribution in [0.15, 0.2) is 0 Å². The minimum atomic E-state index is -3.63. The normalized spacial score (nSPS) is 11.3. The highest BCUT2D eigenvalue weighted by molar-refractivity contribution is 7.48. The molecule has 0 fully saturated rings. The van der Waals surface area contributed by atoms with Crippen molar-refractivity contribution < 1.29 is 28.3 Å². The lowest BCUT2D eigenvalue weighted by molar-refractivity contribution is 0.0824. The van der Waals surface area contributed by atoms with Crippen LogP contribution in [-0.4, -0.2) is 43.2 Å². The van der Waals surface area contributed by atoms with Crippen molar-refractivity contribution in [2.45, 2.75) is 45.4 Å². The Labute approximate surface area is 121 Å². The van der Waals surface area contributed by atoms with Gasteiger partial charge in [-0.05, 0) is 6.42 Å². The second-order valence-electron chi connectivity index (χ2n) is 4.16. The van der Waals surface area contributed by atoms with E-state index in [2.05, 4.69) is 6.92 Å². The molecule has 0 rings (SSSR count). The zero-order chi connectivity index (χ0) is 14.4. The lowest BCUT2D eigenvalue weighted by Crippen LogP contribution is -2.07. The van der Waals surface area contributed by atoms with Gasteiger partial charge >= 0.3 is 7.82 Å². The van der Waals surface area contributed by atoms with Gasteiger partial charge in [-0.1, -0.05) is 39.0 Å². The van der Waals surface area contributed by atoms with Gasteiger partial charge in [0.05, 0.1) is 33.0 Å². The summed E-state index contributed by atoms with van der Waals surface area (Å²) in [6, 6.07) is 0. The first-order chi connectivity index (χ1) is 9.18. The molecule has 0 heterocycles. The van der Waals surface area contributed by atoms with E-state index in [1.54, 1.807) is 0 Å². The fourth-order valence-electron chi connectivity index (χ4n) is 1.48. The largest absolute Gasteiger partial charge is 0.474 e. The van der Waals surface area contributed by atoms with Gasteiger partial charge < -0.3 is 16.4 Å². The molecule has 8 heteroatoms. The van der Waals surface area contributed by atoms with Crippen LogP contribution in [0, 0.1) is 0 Å². The van der Waals surface area contributed by atoms with Crippen LogP contribution < -0.4 is 6.15 Å². The summed E-state index contributed by atoms with van der Waals surface area (Å²) in [6.07, 6.45) is 6.58. The Morgan fingerprint density at radius 1 is 0.800 bits per heavy atom. The summed E-state index contributed by atoms with van der Waals surface area (Å²) < 4.78 is 26.9. The third-order valence-electron chi connectivity index (χ3n) is 2.43. The van der Waals surface area contributed by atoms with Gasteiger partial charge in [0.15, 0.2) is 0 Å². The standard InChI is InChI=1S/C12H27O6P.H3N/c1-2-3-4-5-6-7-10-16-19(15,17-11-8-13)18-12-9-14;/h13-14H,2-12H2,1H3;1H3. The SMILES string of the molecule is CCCCCCCCOP(=O)(OCCO)OCCO.N. The van der Waals surface area contributed by atoms with Gasteiger partial charge in [0, 0.05) is 0 Å². The number of phosphoric acid groups is 1. The summed E-state index contributed by atoms with van der Waals surface area (Å²) in [6.45, 7) is 1.72. The zero-order valence-corrected chi connectivity index (χ0v) is 13.4. The molecule has 0 aliphatic heterocycles. The Kier molecular flexibility index (Phi) is 17.1. The monoisotopic (exact) mass is 315 g/mol. The number of phosphoric ester groups is 1. The van der Waals surface area contributed by atoms with E-state index in [1.807, 2.05) is 0 Å². The molecule has 0 radical (unpaired) electrons. The Morgan fingerprint density at radius 3 is 1.75 bits per heavy atom. The van der Waals surface area contributed by atoms with Crippen molar-refractivity contribution in [3.05, 3.63) is 0 Å². The molecule has 0 amide bonds. The maximum atomic E-state index is 12.0. The van der Waals surface area contributed by atoms with Crippen LogP contribution >= 0.6 is 7.82 Å². The lowest BCUT2D eigenvalue weighted by Gasteiger charge is -2.17. The molecule has 5 N–H and O–H groups in total. The lowest BCUT2D eigenvalue weighted by atomic mass is 10.1. The van der Waals surface area contributed by atoms with Crippen molar-refractivity contribution in [2.75, 3.05) is 33.0 Å². The third-order valence-corrected chi connectivity index (χ3v) is 3.93. The molecule has 0 spiro atoms. The molecule has 0 atom stereocenters. The molecule has 0 aliphatic rings. The van der Waals surface area contributed by atoms with Gasteiger partial charge in [-0.15, -0.1) is 0 Å². The summed E-state index contributed by atoms with van der Waals surface area (Å²) in [5.74, 6) is 0. The minimum Gasteiger partial charge on any atom is -0.394 e. The molecule has 0 saturated heterocycles. The Morgan fingerprint density at radius 2 is 1.25 bits per heavy atom. The van der Waals surface area contributed by atoms with E-state index in [0.29, 0.717) is 6.61 Å². The van der Waals surface area contributed by atoms with Crippen LogP contribution in [0.3, 0.4) is 0 Å². The maximum Gasteiger partial charge on any atom is 0.474 e. The van der Waals surface area contributed by atoms with E-state index in [9.17, 15) is 4.57 Å². The van der Waals surface area contributed by atoms with Gasteiger partial charge in [0.25, 0.3) is 0 Å². The van der Waals surface area contributed by atoms with Gasteiger partial charge in [-0.25, -0.2) is 4.57 Å². The van der Waals surface area contributed by atoms with E-state index in [4.69, 9.17) is 23.8 Å². The van der Waals surface area contributed by atoms with Gasteiger partial charge in [-0.2, -0.15) is 0 Å². The Balaban J connectivity index is 0. The quantitative estimate of drug-likeness (QED) is 0.333. The molecule has 0 aliphatic carbocycles. The number of aliphatic hydroxyl groups excluding tert-OH is 2. The second kappa shape index (κ2) is 15.4. The van der Waals surface area contributed by atoms with Crippen molar-refractivity contribution in [2.24, 2.45) is 0 Å². The summed E-state index contributed by atoms with van der Waals surface area (Å²) in [5, 5.41) is 17.3. The number of aliphatic hydroxyl groups is 2. The molecule has 0 unspecified atom stereocenters. The molecule has 124 valence electrons. The molecular formula is C12H30NO6P. The summed E-state index contributed by atoms with van der Waals surface area (Å²) in [5.41, 5.74) is 0. The number of unbranched alkanes of at least 4 members (excludes halogenated alkanes) is 5. The average Bonchev–Trinajstić information content (AvgIpc) is 2.42. The van der Waals surface area contributed by atoms with Crippen molar-refractivity contribution in [3.63, 3.8) is 0 Å². The molecular weight excluding hydrogens is 285 g/mol. The van der Waals surface area contributed by atoms with Crippen molar-refractivity contribution in [3.8, 4) is 0 Å². The van der Waals surface area contributed by atoms with E-state index < -0.39 is 7.82 Å². The second-order valence-corrected chi connectivity index (χ2v) is 5.83. The van der Waals surface area contributed by atoms with Crippen LogP contribution in [0.1, 0.15) is 45.4 Å². The van der Waals surface area contributed by atoms with Crippen molar-refractivity contribution in [1.29, 1.82) is 0 Å². The fraction of sp³-hybridized carbons (Fsp3) is 1.00. The van der Waals surface area contributed by atoms with Crippen LogP contribution in [-0.2, 0) is 18.1 Å². The number of hydrogen-bond acceptors (Lipinski definition) is 7. The first kappa shape index (κ1) is 22.3. The van der Waals surface area contributed by atoms with Gasteiger partial charge in [-0.3, -0.25) is 13.6 Å². The van der Waals surface area contributed by atoms with Crippen LogP contribution in [0.25, 0.3) is 0 Å². The highest BCUT2D eigenvalue weighted by atomic mass is 31.2. The topological polar surface area (TPSA) is 120 Å². The predicted molar refractivity (Wildman–Crippen MR) is 78.0 cm³/mol. The summed E-state index contributed by atoms with van der Waals surface area (Å²) >= 11 is 0. The summed E-state index contributed by atoms with van der Waals surface area (Å²) in [4.78, 5) is 0. The van der Waals surface area contributed by atoms with Crippen LogP contribution in [0.2, 0.25) is 0 Å². The molecule has 20 heavy (non-hydrogen) atoms. The third kappa shape index (κ3) is 13.0. The molecule has 7 nitrogen and oxygen atoms in total. The van der Waals surface area contributed by atoms with E-state index in [0.717, 1.165) is 19.3 Å². The fourth-order valence-corrected chi connectivity index (χ4v) is 2.66. The highest BCUT2D eigenvalue weighted by Gasteiger charge is 2.25. The van der Waals surface area contributed by atoms with Gasteiger partial charge in [0.2, 0.25) is 0 Å². The molecule has 0 aromatic carbocycles. The molecule has 0 aromatic heterocycles. The van der Waals surface area contributed by atoms with Crippen molar-refractivity contribution >= 4 is 7.82 Å². The van der Waals surface area contributed by atoms with Gasteiger partial charge in [0.1, 0.15) is 0 Å². The first-order valence-electron chi connectivity index (χ1n) is 6.94. The Bertz CT molecular complexity index is 230. The number of rotatable bonds is 14. The Hall–Kier alpha value is -0.0100. The molecule has 0 aromatic rings. The van der Waals surface area contributed by atoms with E-state index in [1.165, 1.54) is 19.3 Å². The zero-order valence-electron chi connectivity index (χ0n) is 12.5. The maximum absolute atomic E-state index is 12.0. The predicted octanol–water partition coefficient (Wildman–Crippen LogP) is 2.65. The highest BCUT2D eigenvalue weighted by Crippen LogP contribution is 2.49.